The number of carbonyl (C=O) groups excluding carboxylic acids is 1. The summed E-state index contributed by atoms with van der Waals surface area (Å²) in [5, 5.41) is 16.1. The van der Waals surface area contributed by atoms with E-state index in [2.05, 4.69) is 25.1 Å². The third-order valence-corrected chi connectivity index (χ3v) is 10.1. The van der Waals surface area contributed by atoms with Crippen molar-refractivity contribution in [2.75, 3.05) is 7.11 Å². The number of rotatable bonds is 5. The van der Waals surface area contributed by atoms with E-state index < -0.39 is 6.04 Å². The number of nitrogens with zero attached hydrogens (tertiary/aromatic N) is 2. The van der Waals surface area contributed by atoms with Crippen LogP contribution < -0.4 is 0 Å². The van der Waals surface area contributed by atoms with Gasteiger partial charge in [-0.15, -0.1) is 0 Å². The molecule has 7 heteroatoms. The van der Waals surface area contributed by atoms with Crippen molar-refractivity contribution in [3.63, 3.8) is 0 Å². The number of ether oxygens (including phenoxy) is 1. The van der Waals surface area contributed by atoms with Crippen molar-refractivity contribution < 1.29 is 19.3 Å². The highest BCUT2D eigenvalue weighted by atomic mass is 16.6. The van der Waals surface area contributed by atoms with E-state index in [0.29, 0.717) is 17.8 Å². The number of oxime groups is 1. The van der Waals surface area contributed by atoms with Crippen molar-refractivity contribution in [3.05, 3.63) is 21.8 Å². The van der Waals surface area contributed by atoms with Gasteiger partial charge in [-0.1, -0.05) is 30.7 Å². The van der Waals surface area contributed by atoms with Gasteiger partial charge in [0.05, 0.1) is 5.71 Å². The molecule has 0 aliphatic heterocycles. The molecule has 3 fully saturated rings. The minimum absolute atomic E-state index is 0.00113. The summed E-state index contributed by atoms with van der Waals surface area (Å²) in [6, 6.07) is -0.595. The molecule has 0 spiro atoms. The van der Waals surface area contributed by atoms with Crippen molar-refractivity contribution in [1.82, 2.24) is 0 Å². The Hall–Kier alpha value is -1.92. The van der Waals surface area contributed by atoms with Gasteiger partial charge < -0.3 is 9.57 Å². The molecule has 33 heavy (non-hydrogen) atoms. The topological polar surface area (TPSA) is 91.0 Å². The summed E-state index contributed by atoms with van der Waals surface area (Å²) in [5.74, 6) is 1.41. The number of fused-ring (bicyclic) bond motifs is 5. The van der Waals surface area contributed by atoms with Gasteiger partial charge in [0.25, 0.3) is 0 Å². The van der Waals surface area contributed by atoms with Crippen LogP contribution in [0.15, 0.2) is 16.8 Å². The fraction of sp³-hybridized carbons (Fsp3) is 0.846. The lowest BCUT2D eigenvalue weighted by Gasteiger charge is -2.58. The SMILES string of the molecule is CO/N=C(\C)[C@@H]1[C@H]([C@H](C)[N+](=O)[O-])C[C@@H]2[C@@H]3CC=C4C[C@@H](OC(C)=O)CC[C@]4(C)[C@@H]3CC[C@@]21C. The maximum absolute atomic E-state index is 11.8. The highest BCUT2D eigenvalue weighted by Crippen LogP contribution is 2.68. The number of hydrogen-bond acceptors (Lipinski definition) is 6. The van der Waals surface area contributed by atoms with Crippen molar-refractivity contribution >= 4 is 11.7 Å². The summed E-state index contributed by atoms with van der Waals surface area (Å²) in [6.07, 6.45) is 9.36. The average Bonchev–Trinajstić information content (AvgIpc) is 3.06. The molecule has 0 radical (unpaired) electrons. The summed E-state index contributed by atoms with van der Waals surface area (Å²) in [6.45, 7) is 10.0. The van der Waals surface area contributed by atoms with Gasteiger partial charge in [-0.25, -0.2) is 0 Å². The average molecular weight is 461 g/mol. The van der Waals surface area contributed by atoms with E-state index in [1.54, 1.807) is 14.0 Å². The molecule has 0 aromatic heterocycles. The predicted octanol–water partition coefficient (Wildman–Crippen LogP) is 5.41. The normalized spacial score (nSPS) is 43.5. The molecule has 4 aliphatic rings. The molecule has 4 rings (SSSR count). The molecule has 0 amide bonds. The van der Waals surface area contributed by atoms with Gasteiger partial charge >= 0.3 is 5.97 Å². The predicted molar refractivity (Wildman–Crippen MR) is 126 cm³/mol. The van der Waals surface area contributed by atoms with Gasteiger partial charge in [-0.3, -0.25) is 14.9 Å². The lowest BCUT2D eigenvalue weighted by Crippen LogP contribution is -2.51. The molecule has 3 saturated carbocycles. The maximum Gasteiger partial charge on any atom is 0.302 e. The molecule has 0 heterocycles. The lowest BCUT2D eigenvalue weighted by atomic mass is 9.47. The van der Waals surface area contributed by atoms with E-state index in [9.17, 15) is 14.9 Å². The van der Waals surface area contributed by atoms with E-state index in [1.807, 2.05) is 6.92 Å². The zero-order chi connectivity index (χ0) is 24.1. The van der Waals surface area contributed by atoms with Gasteiger partial charge in [0.1, 0.15) is 13.2 Å². The lowest BCUT2D eigenvalue weighted by molar-refractivity contribution is -0.528. The van der Waals surface area contributed by atoms with Crippen molar-refractivity contribution in [2.45, 2.75) is 91.7 Å². The molecule has 9 atom stereocenters. The summed E-state index contributed by atoms with van der Waals surface area (Å²) >= 11 is 0. The van der Waals surface area contributed by atoms with Crippen molar-refractivity contribution in [3.8, 4) is 0 Å². The standard InChI is InChI=1S/C26H40N2O5/c1-15(27-32-6)24-21(16(2)28(30)31)14-23-20-8-7-18-13-19(33-17(3)29)9-11-25(18,4)22(20)10-12-26(23,24)5/h7,16,19-24H,8-14H2,1-6H3/b27-15+/t16-,19-,20+,21-,22+,23+,24+,25-,26-/m0/s1. The first-order valence-corrected chi connectivity index (χ1v) is 12.6. The second kappa shape index (κ2) is 8.70. The van der Waals surface area contributed by atoms with E-state index in [4.69, 9.17) is 9.57 Å². The molecule has 0 unspecified atom stereocenters. The number of nitro groups is 1. The second-order valence-electron chi connectivity index (χ2n) is 11.6. The van der Waals surface area contributed by atoms with Crippen LogP contribution in [0.3, 0.4) is 0 Å². The van der Waals surface area contributed by atoms with Crippen LogP contribution >= 0.6 is 0 Å². The van der Waals surface area contributed by atoms with Crippen LogP contribution in [0.4, 0.5) is 0 Å². The third kappa shape index (κ3) is 3.89. The van der Waals surface area contributed by atoms with Crippen molar-refractivity contribution in [1.29, 1.82) is 0 Å². The monoisotopic (exact) mass is 460 g/mol. The smallest absolute Gasteiger partial charge is 0.302 e. The van der Waals surface area contributed by atoms with E-state index in [1.165, 1.54) is 12.5 Å². The van der Waals surface area contributed by atoms with Gasteiger partial charge in [-0.2, -0.15) is 0 Å². The van der Waals surface area contributed by atoms with Crippen LogP contribution in [0.1, 0.15) is 79.6 Å². The fourth-order valence-corrected chi connectivity index (χ4v) is 8.68. The Bertz CT molecular complexity index is 869. The van der Waals surface area contributed by atoms with Gasteiger partial charge in [0.15, 0.2) is 0 Å². The Morgan fingerprint density at radius 1 is 1.24 bits per heavy atom. The molecule has 0 aromatic rings. The Kier molecular flexibility index (Phi) is 6.38. The molecular weight excluding hydrogens is 420 g/mol. The van der Waals surface area contributed by atoms with Crippen LogP contribution in [-0.4, -0.2) is 35.9 Å². The van der Waals surface area contributed by atoms with Gasteiger partial charge in [0.2, 0.25) is 6.04 Å². The number of allylic oxidation sites excluding steroid dienone is 1. The molecule has 4 aliphatic carbocycles. The van der Waals surface area contributed by atoms with Crippen LogP contribution in [0.25, 0.3) is 0 Å². The molecule has 0 bridgehead atoms. The highest BCUT2D eigenvalue weighted by molar-refractivity contribution is 5.85. The Labute approximate surface area is 197 Å². The first kappa shape index (κ1) is 24.2. The first-order valence-electron chi connectivity index (χ1n) is 12.6. The van der Waals surface area contributed by atoms with E-state index in [0.717, 1.165) is 50.7 Å². The number of esters is 1. The molecule has 0 N–H and O–H groups in total. The minimum atomic E-state index is -0.595. The first-order chi connectivity index (χ1) is 15.5. The molecule has 7 nitrogen and oxygen atoms in total. The third-order valence-electron chi connectivity index (χ3n) is 10.1. The summed E-state index contributed by atoms with van der Waals surface area (Å²) in [5.41, 5.74) is 2.50. The van der Waals surface area contributed by atoms with Gasteiger partial charge in [0, 0.05) is 37.0 Å². The zero-order valence-corrected chi connectivity index (χ0v) is 21.0. The zero-order valence-electron chi connectivity index (χ0n) is 21.0. The van der Waals surface area contributed by atoms with E-state index >= 15 is 0 Å². The number of carbonyl (C=O) groups is 1. The molecule has 0 aromatic carbocycles. The Morgan fingerprint density at radius 3 is 2.61 bits per heavy atom. The highest BCUT2D eigenvalue weighted by Gasteiger charge is 2.63. The Morgan fingerprint density at radius 2 is 1.97 bits per heavy atom. The van der Waals surface area contributed by atoms with Crippen LogP contribution in [-0.2, 0) is 14.4 Å². The number of hydrogen-bond donors (Lipinski definition) is 0. The van der Waals surface area contributed by atoms with Crippen LogP contribution in [0.5, 0.6) is 0 Å². The maximum atomic E-state index is 11.8. The largest absolute Gasteiger partial charge is 0.462 e. The quantitative estimate of drug-likeness (QED) is 0.180. The summed E-state index contributed by atoms with van der Waals surface area (Å²) < 4.78 is 5.56. The summed E-state index contributed by atoms with van der Waals surface area (Å²) in [7, 11) is 1.56. The van der Waals surface area contributed by atoms with Crippen molar-refractivity contribution in [2.24, 2.45) is 45.6 Å². The van der Waals surface area contributed by atoms with Gasteiger partial charge in [-0.05, 0) is 74.0 Å². The minimum Gasteiger partial charge on any atom is -0.462 e. The molecule has 0 saturated heterocycles. The van der Waals surface area contributed by atoms with E-state index in [-0.39, 0.29) is 39.7 Å². The van der Waals surface area contributed by atoms with Crippen LogP contribution in [0, 0.1) is 50.5 Å². The summed E-state index contributed by atoms with van der Waals surface area (Å²) in [4.78, 5) is 28.4. The van der Waals surface area contributed by atoms with Crippen LogP contribution in [0.2, 0.25) is 0 Å². The Balaban J connectivity index is 1.66. The molecule has 184 valence electrons. The second-order valence-corrected chi connectivity index (χ2v) is 11.6. The molecular formula is C26H40N2O5. The fourth-order valence-electron chi connectivity index (χ4n) is 8.68.